The molecule has 24 heavy (non-hydrogen) atoms. The SMILES string of the molecule is Cc1ccc(C2=CC=C(C3CCC(C)OC3)C(F)(F)C2(F)F)cc1. The summed E-state index contributed by atoms with van der Waals surface area (Å²) in [4.78, 5) is 0. The van der Waals surface area contributed by atoms with Crippen LogP contribution < -0.4 is 0 Å². The van der Waals surface area contributed by atoms with Crippen LogP contribution in [-0.4, -0.2) is 24.6 Å². The lowest BCUT2D eigenvalue weighted by Gasteiger charge is -2.38. The molecule has 1 aromatic rings. The second-order valence-corrected chi connectivity index (χ2v) is 6.64. The summed E-state index contributed by atoms with van der Waals surface area (Å²) in [6.45, 7) is 3.73. The number of hydrogen-bond donors (Lipinski definition) is 0. The van der Waals surface area contributed by atoms with E-state index < -0.39 is 28.9 Å². The highest BCUT2D eigenvalue weighted by molar-refractivity contribution is 5.76. The fourth-order valence-electron chi connectivity index (χ4n) is 3.26. The van der Waals surface area contributed by atoms with E-state index in [0.29, 0.717) is 12.8 Å². The first kappa shape index (κ1) is 17.2. The lowest BCUT2D eigenvalue weighted by Crippen LogP contribution is -2.47. The van der Waals surface area contributed by atoms with Crippen molar-refractivity contribution >= 4 is 5.57 Å². The van der Waals surface area contributed by atoms with E-state index >= 15 is 0 Å². The molecule has 0 N–H and O–H groups in total. The third kappa shape index (κ3) is 2.79. The standard InChI is InChI=1S/C19H20F4O/c1-12-3-6-14(7-4-12)16-9-10-17(19(22,23)18(16,20)21)15-8-5-13(2)24-11-15/h3-4,6-7,9-10,13,15H,5,8,11H2,1-2H3. The summed E-state index contributed by atoms with van der Waals surface area (Å²) in [5, 5.41) is 0. The molecule has 1 aromatic carbocycles. The Kier molecular flexibility index (Phi) is 4.32. The van der Waals surface area contributed by atoms with E-state index in [0.717, 1.165) is 17.7 Å². The number of allylic oxidation sites excluding steroid dienone is 3. The minimum absolute atomic E-state index is 0.0155. The molecule has 3 rings (SSSR count). The van der Waals surface area contributed by atoms with Crippen molar-refractivity contribution in [1.82, 2.24) is 0 Å². The van der Waals surface area contributed by atoms with E-state index in [-0.39, 0.29) is 18.3 Å². The van der Waals surface area contributed by atoms with E-state index in [4.69, 9.17) is 4.74 Å². The van der Waals surface area contributed by atoms with Gasteiger partial charge in [-0.2, -0.15) is 17.6 Å². The van der Waals surface area contributed by atoms with Gasteiger partial charge in [0.05, 0.1) is 12.7 Å². The predicted octanol–water partition coefficient (Wildman–Crippen LogP) is 5.40. The Hall–Kier alpha value is -1.62. The Morgan fingerprint density at radius 2 is 1.62 bits per heavy atom. The van der Waals surface area contributed by atoms with E-state index in [2.05, 4.69) is 0 Å². The number of halogens is 4. The van der Waals surface area contributed by atoms with Crippen molar-refractivity contribution in [3.05, 3.63) is 53.1 Å². The lowest BCUT2D eigenvalue weighted by molar-refractivity contribution is -0.157. The van der Waals surface area contributed by atoms with Crippen LogP contribution in [0.25, 0.3) is 5.57 Å². The molecule has 1 nitrogen and oxygen atoms in total. The molecule has 0 saturated carbocycles. The zero-order chi connectivity index (χ0) is 17.5. The Labute approximate surface area is 139 Å². The molecule has 1 saturated heterocycles. The molecular formula is C19H20F4O. The first-order valence-electron chi connectivity index (χ1n) is 8.10. The number of alkyl halides is 4. The predicted molar refractivity (Wildman–Crippen MR) is 85.3 cm³/mol. The van der Waals surface area contributed by atoms with Gasteiger partial charge in [-0.05, 0) is 32.3 Å². The minimum Gasteiger partial charge on any atom is -0.378 e. The molecule has 0 spiro atoms. The third-order valence-corrected chi connectivity index (χ3v) is 4.83. The number of hydrogen-bond acceptors (Lipinski definition) is 1. The van der Waals surface area contributed by atoms with E-state index in [1.54, 1.807) is 12.1 Å². The van der Waals surface area contributed by atoms with Gasteiger partial charge in [0, 0.05) is 17.1 Å². The molecule has 1 aliphatic heterocycles. The Bertz CT molecular complexity index is 665. The van der Waals surface area contributed by atoms with Gasteiger partial charge in [-0.15, -0.1) is 0 Å². The Balaban J connectivity index is 1.99. The second kappa shape index (κ2) is 6.03. The van der Waals surface area contributed by atoms with Crippen LogP contribution in [0.1, 0.15) is 30.9 Å². The minimum atomic E-state index is -4.24. The highest BCUT2D eigenvalue weighted by atomic mass is 19.3. The highest BCUT2D eigenvalue weighted by Crippen LogP contribution is 2.53. The zero-order valence-corrected chi connectivity index (χ0v) is 13.7. The second-order valence-electron chi connectivity index (χ2n) is 6.64. The van der Waals surface area contributed by atoms with Crippen LogP contribution in [0.2, 0.25) is 0 Å². The van der Waals surface area contributed by atoms with Crippen LogP contribution in [0.15, 0.2) is 42.0 Å². The van der Waals surface area contributed by atoms with Crippen LogP contribution in [0, 0.1) is 12.8 Å². The molecule has 1 fully saturated rings. The largest absolute Gasteiger partial charge is 0.378 e. The van der Waals surface area contributed by atoms with Crippen molar-refractivity contribution in [1.29, 1.82) is 0 Å². The fraction of sp³-hybridized carbons (Fsp3) is 0.474. The summed E-state index contributed by atoms with van der Waals surface area (Å²) in [5.74, 6) is -9.12. The highest BCUT2D eigenvalue weighted by Gasteiger charge is 2.63. The molecule has 2 aliphatic rings. The maximum Gasteiger partial charge on any atom is 0.339 e. The van der Waals surface area contributed by atoms with Gasteiger partial charge in [-0.1, -0.05) is 42.0 Å². The molecule has 2 unspecified atom stereocenters. The Morgan fingerprint density at radius 1 is 0.958 bits per heavy atom. The molecule has 5 heteroatoms. The van der Waals surface area contributed by atoms with Crippen molar-refractivity contribution in [2.75, 3.05) is 6.61 Å². The molecule has 0 amide bonds. The van der Waals surface area contributed by atoms with Crippen LogP contribution in [0.3, 0.4) is 0 Å². The summed E-state index contributed by atoms with van der Waals surface area (Å²) >= 11 is 0. The van der Waals surface area contributed by atoms with Gasteiger partial charge in [-0.25, -0.2) is 0 Å². The number of rotatable bonds is 2. The third-order valence-electron chi connectivity index (χ3n) is 4.83. The van der Waals surface area contributed by atoms with Crippen LogP contribution >= 0.6 is 0 Å². The number of benzene rings is 1. The molecule has 130 valence electrons. The Morgan fingerprint density at radius 3 is 2.21 bits per heavy atom. The molecule has 0 bridgehead atoms. The maximum atomic E-state index is 14.6. The van der Waals surface area contributed by atoms with E-state index in [9.17, 15) is 17.6 Å². The smallest absolute Gasteiger partial charge is 0.339 e. The fourth-order valence-corrected chi connectivity index (χ4v) is 3.26. The van der Waals surface area contributed by atoms with Gasteiger partial charge in [-0.3, -0.25) is 0 Å². The summed E-state index contributed by atoms with van der Waals surface area (Å²) in [6, 6.07) is 6.19. The average Bonchev–Trinajstić information content (AvgIpc) is 2.52. The van der Waals surface area contributed by atoms with Gasteiger partial charge >= 0.3 is 11.8 Å². The lowest BCUT2D eigenvalue weighted by atomic mass is 9.79. The van der Waals surface area contributed by atoms with Gasteiger partial charge in [0.2, 0.25) is 0 Å². The normalized spacial score (nSPS) is 28.9. The molecule has 0 aromatic heterocycles. The van der Waals surface area contributed by atoms with Crippen LogP contribution in [0.5, 0.6) is 0 Å². The van der Waals surface area contributed by atoms with Crippen LogP contribution in [-0.2, 0) is 4.74 Å². The summed E-state index contributed by atoms with van der Waals surface area (Å²) in [6.07, 6.45) is 3.31. The van der Waals surface area contributed by atoms with Crippen molar-refractivity contribution in [3.63, 3.8) is 0 Å². The zero-order valence-electron chi connectivity index (χ0n) is 13.7. The molecule has 2 atom stereocenters. The molecule has 1 heterocycles. The van der Waals surface area contributed by atoms with Crippen molar-refractivity contribution in [2.24, 2.45) is 5.92 Å². The van der Waals surface area contributed by atoms with Crippen molar-refractivity contribution in [3.8, 4) is 0 Å². The molecular weight excluding hydrogens is 320 g/mol. The molecule has 0 radical (unpaired) electrons. The van der Waals surface area contributed by atoms with E-state index in [1.165, 1.54) is 12.1 Å². The van der Waals surface area contributed by atoms with E-state index in [1.807, 2.05) is 13.8 Å². The first-order valence-corrected chi connectivity index (χ1v) is 8.10. The number of ether oxygens (including phenoxy) is 1. The van der Waals surface area contributed by atoms with Crippen LogP contribution in [0.4, 0.5) is 17.6 Å². The average molecular weight is 340 g/mol. The van der Waals surface area contributed by atoms with Crippen molar-refractivity contribution < 1.29 is 22.3 Å². The van der Waals surface area contributed by atoms with Crippen molar-refractivity contribution in [2.45, 2.75) is 44.6 Å². The van der Waals surface area contributed by atoms with Gasteiger partial charge < -0.3 is 4.74 Å². The monoisotopic (exact) mass is 340 g/mol. The summed E-state index contributed by atoms with van der Waals surface area (Å²) in [5.41, 5.74) is -0.152. The topological polar surface area (TPSA) is 9.23 Å². The van der Waals surface area contributed by atoms with Gasteiger partial charge in [0.1, 0.15) is 0 Å². The summed E-state index contributed by atoms with van der Waals surface area (Å²) < 4.78 is 63.9. The quantitative estimate of drug-likeness (QED) is 0.655. The first-order chi connectivity index (χ1) is 11.2. The maximum absolute atomic E-state index is 14.6. The summed E-state index contributed by atoms with van der Waals surface area (Å²) in [7, 11) is 0. The number of aryl methyl sites for hydroxylation is 1. The molecule has 1 aliphatic carbocycles. The van der Waals surface area contributed by atoms with Gasteiger partial charge in [0.25, 0.3) is 0 Å². The van der Waals surface area contributed by atoms with Gasteiger partial charge in [0.15, 0.2) is 0 Å².